The summed E-state index contributed by atoms with van der Waals surface area (Å²) in [7, 11) is -1.06. The molecule has 0 heterocycles. The van der Waals surface area contributed by atoms with Crippen LogP contribution in [-0.2, 0) is 22.0 Å². The van der Waals surface area contributed by atoms with Gasteiger partial charge in [-0.05, 0) is 72.0 Å². The molecular formula is C31H29F2NO5S. The van der Waals surface area contributed by atoms with Gasteiger partial charge in [-0.15, -0.1) is 0 Å². The van der Waals surface area contributed by atoms with Crippen LogP contribution in [0.4, 0.5) is 8.78 Å². The van der Waals surface area contributed by atoms with Crippen LogP contribution in [0, 0.1) is 11.6 Å². The number of amides is 1. The number of carbonyl (C=O) groups is 1. The van der Waals surface area contributed by atoms with Gasteiger partial charge < -0.3 is 14.8 Å². The van der Waals surface area contributed by atoms with Crippen molar-refractivity contribution in [3.63, 3.8) is 0 Å². The van der Waals surface area contributed by atoms with Crippen LogP contribution in [-0.4, -0.2) is 35.1 Å². The smallest absolute Gasteiger partial charge is 0.251 e. The van der Waals surface area contributed by atoms with E-state index in [4.69, 9.17) is 9.47 Å². The molecule has 0 saturated carbocycles. The van der Waals surface area contributed by atoms with Gasteiger partial charge in [-0.25, -0.2) is 17.2 Å². The maximum atomic E-state index is 14.4. The van der Waals surface area contributed by atoms with Gasteiger partial charge in [-0.3, -0.25) is 4.79 Å². The Morgan fingerprint density at radius 1 is 0.825 bits per heavy atom. The number of benzene rings is 4. The van der Waals surface area contributed by atoms with E-state index < -0.39 is 21.5 Å². The fourth-order valence-corrected chi connectivity index (χ4v) is 5.92. The van der Waals surface area contributed by atoms with Crippen LogP contribution in [0.3, 0.4) is 0 Å². The van der Waals surface area contributed by atoms with Gasteiger partial charge in [0, 0.05) is 12.1 Å². The van der Waals surface area contributed by atoms with E-state index in [0.29, 0.717) is 36.3 Å². The molecule has 0 spiro atoms. The van der Waals surface area contributed by atoms with Crippen molar-refractivity contribution in [2.45, 2.75) is 23.5 Å². The molecule has 6 nitrogen and oxygen atoms in total. The summed E-state index contributed by atoms with van der Waals surface area (Å²) in [6.07, 6.45) is 1.27. The van der Waals surface area contributed by atoms with Crippen molar-refractivity contribution in [1.29, 1.82) is 0 Å². The van der Waals surface area contributed by atoms with Crippen LogP contribution < -0.4 is 14.8 Å². The van der Waals surface area contributed by atoms with Crippen LogP contribution in [0.15, 0.2) is 89.8 Å². The first-order valence-electron chi connectivity index (χ1n) is 12.6. The zero-order valence-corrected chi connectivity index (χ0v) is 22.9. The van der Waals surface area contributed by atoms with Crippen LogP contribution in [0.2, 0.25) is 0 Å². The summed E-state index contributed by atoms with van der Waals surface area (Å²) in [5.74, 6) is -1.42. The highest BCUT2D eigenvalue weighted by atomic mass is 32.2. The standard InChI is InChI=1S/C31H29F2NO5S/c1-38-25-11-4-10-24(18-25)31(35)34-16-6-9-21-7-3-8-22(17-21)20-40(36,37)29-19-23(14-15-28(29)39-2)30-26(32)12-5-13-27(30)33/h3-5,7-8,10-15,17-19H,6,9,16,20H2,1-2H3,(H,34,35). The lowest BCUT2D eigenvalue weighted by molar-refractivity contribution is 0.0953. The van der Waals surface area contributed by atoms with Gasteiger partial charge in [0.1, 0.15) is 28.0 Å². The maximum Gasteiger partial charge on any atom is 0.251 e. The number of ether oxygens (including phenoxy) is 2. The second kappa shape index (κ2) is 12.7. The molecule has 9 heteroatoms. The lowest BCUT2D eigenvalue weighted by atomic mass is 10.0. The van der Waals surface area contributed by atoms with Crippen LogP contribution in [0.25, 0.3) is 11.1 Å². The fraction of sp³-hybridized carbons (Fsp3) is 0.194. The Kier molecular flexibility index (Phi) is 9.16. The van der Waals surface area contributed by atoms with Crippen molar-refractivity contribution < 1.29 is 31.5 Å². The number of hydrogen-bond donors (Lipinski definition) is 1. The number of methoxy groups -OCH3 is 2. The van der Waals surface area contributed by atoms with E-state index in [1.54, 1.807) is 42.5 Å². The monoisotopic (exact) mass is 565 g/mol. The molecule has 0 aliphatic rings. The zero-order valence-electron chi connectivity index (χ0n) is 22.1. The normalized spacial score (nSPS) is 11.2. The van der Waals surface area contributed by atoms with Gasteiger partial charge in [-0.2, -0.15) is 0 Å². The first-order valence-corrected chi connectivity index (χ1v) is 14.2. The largest absolute Gasteiger partial charge is 0.497 e. The van der Waals surface area contributed by atoms with Gasteiger partial charge in [0.15, 0.2) is 9.84 Å². The van der Waals surface area contributed by atoms with E-state index in [1.807, 2.05) is 6.07 Å². The Morgan fingerprint density at radius 2 is 1.52 bits per heavy atom. The molecule has 0 atom stereocenters. The molecule has 0 radical (unpaired) electrons. The molecule has 4 aromatic carbocycles. The number of rotatable bonds is 11. The summed E-state index contributed by atoms with van der Waals surface area (Å²) in [6.45, 7) is 0.440. The lowest BCUT2D eigenvalue weighted by Crippen LogP contribution is -2.24. The van der Waals surface area contributed by atoms with Gasteiger partial charge in [0.25, 0.3) is 5.91 Å². The van der Waals surface area contributed by atoms with Gasteiger partial charge in [0.05, 0.1) is 25.5 Å². The highest BCUT2D eigenvalue weighted by Gasteiger charge is 2.23. The van der Waals surface area contributed by atoms with Gasteiger partial charge >= 0.3 is 0 Å². The topological polar surface area (TPSA) is 81.7 Å². The minimum atomic E-state index is -3.94. The molecule has 1 amide bonds. The number of halogens is 2. The molecule has 0 saturated heterocycles. The molecule has 0 aromatic heterocycles. The molecule has 0 bridgehead atoms. The number of sulfone groups is 1. The third-order valence-corrected chi connectivity index (χ3v) is 8.06. The van der Waals surface area contributed by atoms with E-state index in [9.17, 15) is 22.0 Å². The summed E-state index contributed by atoms with van der Waals surface area (Å²) in [4.78, 5) is 12.2. The predicted molar refractivity (Wildman–Crippen MR) is 149 cm³/mol. The van der Waals surface area contributed by atoms with Crippen molar-refractivity contribution in [1.82, 2.24) is 5.32 Å². The maximum absolute atomic E-state index is 14.4. The molecule has 1 N–H and O–H groups in total. The molecule has 208 valence electrons. The lowest BCUT2D eigenvalue weighted by Gasteiger charge is -2.13. The summed E-state index contributed by atoms with van der Waals surface area (Å²) in [5.41, 5.74) is 1.77. The first kappa shape index (κ1) is 28.8. The summed E-state index contributed by atoms with van der Waals surface area (Å²) in [5, 5.41) is 2.88. The van der Waals surface area contributed by atoms with Gasteiger partial charge in [-0.1, -0.05) is 42.5 Å². The van der Waals surface area contributed by atoms with Gasteiger partial charge in [0.2, 0.25) is 0 Å². The number of carbonyl (C=O) groups excluding carboxylic acids is 1. The Bertz CT molecular complexity index is 1600. The summed E-state index contributed by atoms with van der Waals surface area (Å²) < 4.78 is 66.0. The van der Waals surface area contributed by atoms with E-state index in [1.165, 1.54) is 38.5 Å². The molecule has 40 heavy (non-hydrogen) atoms. The Labute approximate surface area is 232 Å². The Morgan fingerprint density at radius 3 is 2.25 bits per heavy atom. The number of aryl methyl sites for hydroxylation is 1. The van der Waals surface area contributed by atoms with Crippen molar-refractivity contribution in [2.75, 3.05) is 20.8 Å². The average Bonchev–Trinajstić information content (AvgIpc) is 2.95. The third kappa shape index (κ3) is 6.84. The second-order valence-electron chi connectivity index (χ2n) is 9.13. The SMILES string of the molecule is COc1cccc(C(=O)NCCCc2cccc(CS(=O)(=O)c3cc(-c4c(F)cccc4F)ccc3OC)c2)c1. The molecule has 0 aliphatic heterocycles. The van der Waals surface area contributed by atoms with E-state index in [2.05, 4.69) is 5.32 Å². The first-order chi connectivity index (χ1) is 19.2. The van der Waals surface area contributed by atoms with Crippen molar-refractivity contribution in [3.8, 4) is 22.6 Å². The van der Waals surface area contributed by atoms with Crippen molar-refractivity contribution in [3.05, 3.63) is 113 Å². The second-order valence-corrected chi connectivity index (χ2v) is 11.1. The van der Waals surface area contributed by atoms with Crippen molar-refractivity contribution >= 4 is 15.7 Å². The van der Waals surface area contributed by atoms with E-state index >= 15 is 0 Å². The predicted octanol–water partition coefficient (Wildman–Crippen LogP) is 5.99. The van der Waals surface area contributed by atoms with Crippen molar-refractivity contribution in [2.24, 2.45) is 0 Å². The van der Waals surface area contributed by atoms with Crippen LogP contribution >= 0.6 is 0 Å². The van der Waals surface area contributed by atoms with E-state index in [0.717, 1.165) is 17.7 Å². The molecule has 0 fully saturated rings. The minimum Gasteiger partial charge on any atom is -0.497 e. The zero-order chi connectivity index (χ0) is 28.7. The number of hydrogen-bond acceptors (Lipinski definition) is 5. The molecular weight excluding hydrogens is 536 g/mol. The average molecular weight is 566 g/mol. The fourth-order valence-electron chi connectivity index (χ4n) is 4.38. The van der Waals surface area contributed by atoms with E-state index in [-0.39, 0.29) is 33.4 Å². The molecule has 4 rings (SSSR count). The molecule has 0 unspecified atom stereocenters. The Hall–Kier alpha value is -4.24. The molecule has 0 aliphatic carbocycles. The quantitative estimate of drug-likeness (QED) is 0.226. The third-order valence-electron chi connectivity index (χ3n) is 6.36. The van der Waals surface area contributed by atoms with Crippen LogP contribution in [0.1, 0.15) is 27.9 Å². The minimum absolute atomic E-state index is 0.0865. The number of nitrogens with one attached hydrogen (secondary N) is 1. The highest BCUT2D eigenvalue weighted by molar-refractivity contribution is 7.90. The summed E-state index contributed by atoms with van der Waals surface area (Å²) >= 11 is 0. The van der Waals surface area contributed by atoms with Crippen LogP contribution in [0.5, 0.6) is 11.5 Å². The Balaban J connectivity index is 1.44. The highest BCUT2D eigenvalue weighted by Crippen LogP contribution is 2.34. The summed E-state index contributed by atoms with van der Waals surface area (Å²) in [6, 6.07) is 21.6. The molecule has 4 aromatic rings.